The average molecular weight is 1660 g/mol. The molecule has 115 heavy (non-hydrogen) atoms. The largest absolute Gasteiger partial charge is 0.481 e. The first-order chi connectivity index (χ1) is 54.0. The molecule has 42 nitrogen and oxygen atoms in total. The number of anilines is 1. The highest BCUT2D eigenvalue weighted by atomic mass is 35.5. The summed E-state index contributed by atoms with van der Waals surface area (Å²) in [5, 5.41) is 68.6. The van der Waals surface area contributed by atoms with Crippen LogP contribution in [0, 0.1) is 11.8 Å². The van der Waals surface area contributed by atoms with E-state index in [9.17, 15) is 116 Å². The van der Waals surface area contributed by atoms with Gasteiger partial charge in [-0.3, -0.25) is 91.1 Å². The number of fused-ring (bicyclic) bond motifs is 1. The first-order valence-electron chi connectivity index (χ1n) is 35.6. The molecule has 0 spiro atoms. The minimum Gasteiger partial charge on any atom is -0.481 e. The van der Waals surface area contributed by atoms with E-state index in [1.54, 1.807) is 30.4 Å². The second-order valence-electron chi connectivity index (χ2n) is 26.7. The molecule has 0 radical (unpaired) electrons. The van der Waals surface area contributed by atoms with Crippen molar-refractivity contribution in [3.05, 3.63) is 88.1 Å². The zero-order chi connectivity index (χ0) is 86.2. The van der Waals surface area contributed by atoms with Crippen molar-refractivity contribution in [3.63, 3.8) is 0 Å². The molecule has 2 heterocycles. The van der Waals surface area contributed by atoms with Crippen molar-refractivity contribution >= 4 is 158 Å². The molecule has 1 aliphatic heterocycles. The van der Waals surface area contributed by atoms with E-state index in [2.05, 4.69) is 63.5 Å². The van der Waals surface area contributed by atoms with Crippen molar-refractivity contribution in [1.29, 1.82) is 0 Å². The molecular formula is C71H93Cl2N17O25. The van der Waals surface area contributed by atoms with Gasteiger partial charge in [0.05, 0.1) is 45.2 Å². The number of hydrogen-bond acceptors (Lipinski definition) is 23. The molecule has 626 valence electrons. The second-order valence-corrected chi connectivity index (χ2v) is 27.6. The lowest BCUT2D eigenvalue weighted by Gasteiger charge is -2.30. The summed E-state index contributed by atoms with van der Waals surface area (Å²) in [5.74, 6) is -29.5. The number of hydrogen-bond donors (Lipinski definition) is 21. The van der Waals surface area contributed by atoms with Gasteiger partial charge in [-0.05, 0) is 87.9 Å². The standard InChI is InChI=1S/C71H93Cl2N17O25/c1-7-31(2)11-8-9-13-52(93)83-44(20-36-28-77-43-22-38(73)14-16-39(36)43)66(109)85-45(24-51(76)92)67(110)87-48(27-58(102)103)68(111)90-60-35(6)115-71(114)49(23-50(91)40-17-15-37(72)21-41(40)75)88-70(113)59(32(3)19-55(96)97)89-62(105)33(4)80-53(94)29-78-63(106)46(25-56(98)99)84-61(104)34(5)81-65(108)47(26-57(100)101)86-64(107)42(12-10-18-74)82-54(95)30-79-69(60)112/h8-9,11,13-17,21-22,28,31-35,42,44-49,59-60,77H,7,10,12,18-20,23-27,29-30,74-75H2,1-6H3,(H2,76,92)(H,78,106)(H,79,112)(H,80,94)(H,81,108)(H,82,95)(H,83,93)(H,84,104)(H,85,109)(H,86,107)(H,87,110)(H,88,113)(H,89,105)(H,90,111)(H,96,97)(H,98,99)(H,100,101)(H,102,103)/b11-8+,13-9+/t31?,32-,33-,34-,35-,42+,44+,45-,46+,47+,48+,49+,59+,60+/m1/s1. The maximum Gasteiger partial charge on any atom is 0.329 e. The first-order valence-corrected chi connectivity index (χ1v) is 36.4. The number of allylic oxidation sites excluding steroid dienone is 3. The Balaban J connectivity index is 1.90. The number of aromatic amines is 1. The predicted octanol–water partition coefficient (Wildman–Crippen LogP) is -4.27. The Kier molecular flexibility index (Phi) is 37.7. The fourth-order valence-electron chi connectivity index (χ4n) is 11.0. The Morgan fingerprint density at radius 3 is 1.74 bits per heavy atom. The normalized spacial score (nSPS) is 21.6. The number of primary amides is 1. The minimum absolute atomic E-state index is 0.0123. The van der Waals surface area contributed by atoms with Crippen molar-refractivity contribution in [1.82, 2.24) is 74.1 Å². The Labute approximate surface area is 665 Å². The summed E-state index contributed by atoms with van der Waals surface area (Å²) >= 11 is 12.3. The summed E-state index contributed by atoms with van der Waals surface area (Å²) in [6.45, 7) is 5.37. The number of esters is 1. The number of carboxylic acids is 4. The number of nitrogens with one attached hydrogen (secondary N) is 14. The SMILES string of the molecule is CCC(C)/C=C/C=C/C(=O)N[C@@H](Cc1c[nH]c2cc(Cl)ccc12)C(=O)N[C@H](CC(N)=O)C(=O)N[C@@H](CC(=O)O)C(=O)N[C@@H]1C(=O)NCC(=O)N[C@@H](CCCN)C(=O)N[C@@H](CC(=O)O)C(=O)N[C@H](C)C(=O)N[C@@H](CC(=O)O)C(=O)NCC(=O)N[C@H](C)C(=O)N[C@@H]([C@H](C)CC(=O)O)C(=O)N[C@@H](CC(=O)c2ccc(Cl)cc2N)C(=O)O[C@@H]1C. The van der Waals surface area contributed by atoms with Crippen molar-refractivity contribution in [2.24, 2.45) is 23.3 Å². The van der Waals surface area contributed by atoms with Crippen LogP contribution in [0.5, 0.6) is 0 Å². The number of Topliss-reactive ketones (excluding diaryl/α,β-unsaturated/α-hetero) is 1. The van der Waals surface area contributed by atoms with Gasteiger partial charge in [0.15, 0.2) is 5.78 Å². The van der Waals surface area contributed by atoms with Crippen molar-refractivity contribution in [3.8, 4) is 0 Å². The number of amides is 14. The molecule has 1 aliphatic rings. The van der Waals surface area contributed by atoms with Crippen LogP contribution in [0.15, 0.2) is 66.9 Å². The molecule has 4 rings (SSSR count). The van der Waals surface area contributed by atoms with Crippen molar-refractivity contribution < 1.29 is 121 Å². The maximum absolute atomic E-state index is 14.9. The molecular weight excluding hydrogens is 1560 g/mol. The Morgan fingerprint density at radius 1 is 0.591 bits per heavy atom. The van der Waals surface area contributed by atoms with E-state index in [-0.39, 0.29) is 41.6 Å². The third kappa shape index (κ3) is 31.8. The molecule has 2 aromatic carbocycles. The summed E-state index contributed by atoms with van der Waals surface area (Å²) < 4.78 is 5.68. The number of aromatic nitrogens is 1. The number of benzene rings is 2. The second kappa shape index (κ2) is 45.8. The molecule has 14 amide bonds. The number of carbonyl (C=O) groups is 20. The van der Waals surface area contributed by atoms with Crippen LogP contribution >= 0.6 is 23.2 Å². The number of nitrogen functional groups attached to an aromatic ring is 1. The number of nitrogens with two attached hydrogens (primary N) is 3. The number of carbonyl (C=O) groups excluding carboxylic acids is 16. The van der Waals surface area contributed by atoms with Crippen LogP contribution in [-0.2, 0) is 102 Å². The third-order valence-electron chi connectivity index (χ3n) is 17.3. The zero-order valence-corrected chi connectivity index (χ0v) is 64.5. The minimum atomic E-state index is -2.46. The molecule has 3 aromatic rings. The average Bonchev–Trinajstić information content (AvgIpc) is 1.74. The summed E-state index contributed by atoms with van der Waals surface area (Å²) in [6, 6.07) is -14.2. The highest BCUT2D eigenvalue weighted by Gasteiger charge is 2.41. The van der Waals surface area contributed by atoms with E-state index in [0.717, 1.165) is 52.3 Å². The van der Waals surface area contributed by atoms with Gasteiger partial charge in [-0.15, -0.1) is 0 Å². The summed E-state index contributed by atoms with van der Waals surface area (Å²) in [6.07, 6.45) is -1.82. The molecule has 1 saturated heterocycles. The molecule has 44 heteroatoms. The van der Waals surface area contributed by atoms with E-state index < -0.39 is 255 Å². The van der Waals surface area contributed by atoms with Gasteiger partial charge in [-0.2, -0.15) is 0 Å². The van der Waals surface area contributed by atoms with Crippen molar-refractivity contribution in [2.45, 2.75) is 178 Å². The van der Waals surface area contributed by atoms with Crippen molar-refractivity contribution in [2.75, 3.05) is 25.4 Å². The lowest BCUT2D eigenvalue weighted by Crippen LogP contribution is -2.61. The number of rotatable bonds is 30. The Hall–Kier alpha value is -12.6. The maximum atomic E-state index is 14.9. The highest BCUT2D eigenvalue weighted by Crippen LogP contribution is 2.25. The quantitative estimate of drug-likeness (QED) is 0.00988. The van der Waals surface area contributed by atoms with Gasteiger partial charge in [0, 0.05) is 57.3 Å². The van der Waals surface area contributed by atoms with Gasteiger partial charge < -0.3 is 116 Å². The van der Waals surface area contributed by atoms with Gasteiger partial charge in [0.1, 0.15) is 72.6 Å². The van der Waals surface area contributed by atoms with Crippen LogP contribution in [0.25, 0.3) is 10.9 Å². The van der Waals surface area contributed by atoms with Crippen LogP contribution in [-0.4, -0.2) is 236 Å². The number of halogens is 2. The molecule has 24 N–H and O–H groups in total. The number of cyclic esters (lactones) is 1. The van der Waals surface area contributed by atoms with Gasteiger partial charge >= 0.3 is 29.8 Å². The highest BCUT2D eigenvalue weighted by molar-refractivity contribution is 6.31. The Bertz CT molecular complexity index is 4250. The van der Waals surface area contributed by atoms with Gasteiger partial charge in [0.25, 0.3) is 0 Å². The number of aliphatic carboxylic acids is 4. The topological polar surface area (TPSA) is 682 Å². The summed E-state index contributed by atoms with van der Waals surface area (Å²) in [5.41, 5.74) is 17.7. The predicted molar refractivity (Wildman–Crippen MR) is 404 cm³/mol. The summed E-state index contributed by atoms with van der Waals surface area (Å²) in [7, 11) is 0. The Morgan fingerprint density at radius 2 is 1.14 bits per heavy atom. The fourth-order valence-corrected chi connectivity index (χ4v) is 11.3. The number of ether oxygens (including phenoxy) is 1. The van der Waals surface area contributed by atoms with Gasteiger partial charge in [-0.25, -0.2) is 4.79 Å². The number of H-pyrrole nitrogens is 1. The van der Waals surface area contributed by atoms with Crippen LogP contribution in [0.3, 0.4) is 0 Å². The molecule has 0 bridgehead atoms. The van der Waals surface area contributed by atoms with Crippen LogP contribution in [0.2, 0.25) is 10.0 Å². The summed E-state index contributed by atoms with van der Waals surface area (Å²) in [4.78, 5) is 276. The van der Waals surface area contributed by atoms with E-state index in [4.69, 9.17) is 45.1 Å². The zero-order valence-electron chi connectivity index (χ0n) is 63.0. The van der Waals surface area contributed by atoms with Gasteiger partial charge in [0.2, 0.25) is 82.7 Å². The molecule has 1 aromatic heterocycles. The first kappa shape index (κ1) is 94.8. The molecule has 1 fully saturated rings. The lowest BCUT2D eigenvalue weighted by atomic mass is 9.96. The number of carboxylic acid groups (broad SMARTS) is 4. The van der Waals surface area contributed by atoms with E-state index in [1.807, 2.05) is 24.5 Å². The fraction of sp³-hybridized carbons (Fsp3) is 0.465. The molecule has 14 atom stereocenters. The molecule has 0 saturated carbocycles. The molecule has 0 aliphatic carbocycles. The van der Waals surface area contributed by atoms with Crippen LogP contribution < -0.4 is 86.3 Å². The van der Waals surface area contributed by atoms with E-state index >= 15 is 0 Å². The lowest BCUT2D eigenvalue weighted by molar-refractivity contribution is -0.156. The smallest absolute Gasteiger partial charge is 0.329 e. The van der Waals surface area contributed by atoms with E-state index in [0.29, 0.717) is 21.5 Å². The number of ketones is 1. The molecule has 1 unspecified atom stereocenters. The van der Waals surface area contributed by atoms with Crippen LogP contribution in [0.4, 0.5) is 5.69 Å². The monoisotopic (exact) mass is 1650 g/mol. The van der Waals surface area contributed by atoms with Crippen LogP contribution in [0.1, 0.15) is 115 Å². The van der Waals surface area contributed by atoms with E-state index in [1.165, 1.54) is 18.3 Å². The van der Waals surface area contributed by atoms with Gasteiger partial charge in [-0.1, -0.05) is 74.7 Å². The third-order valence-corrected chi connectivity index (χ3v) is 17.8.